The first-order chi connectivity index (χ1) is 8.08. The van der Waals surface area contributed by atoms with Crippen LogP contribution in [0.4, 0.5) is 5.69 Å². The van der Waals surface area contributed by atoms with E-state index in [0.29, 0.717) is 28.7 Å². The molecule has 0 unspecified atom stereocenters. The van der Waals surface area contributed by atoms with Crippen LogP contribution in [-0.4, -0.2) is 29.9 Å². The van der Waals surface area contributed by atoms with Gasteiger partial charge in [-0.3, -0.25) is 0 Å². The summed E-state index contributed by atoms with van der Waals surface area (Å²) in [5, 5.41) is 0. The molecule has 1 heterocycles. The second-order valence-corrected chi connectivity index (χ2v) is 7.18. The number of halogens is 1. The number of hydrogen-bond acceptors (Lipinski definition) is 4. The largest absolute Gasteiger partial charge is 0.495 e. The SMILES string of the molecule is COc1cc(N=S2(=O)CCC2)c(OC)cc1Br. The summed E-state index contributed by atoms with van der Waals surface area (Å²) in [6, 6.07) is 3.52. The molecule has 2 rings (SSSR count). The number of nitrogens with zero attached hydrogens (tertiary/aromatic N) is 1. The number of rotatable bonds is 3. The van der Waals surface area contributed by atoms with Crippen LogP contribution < -0.4 is 9.47 Å². The molecule has 0 N–H and O–H groups in total. The van der Waals surface area contributed by atoms with Gasteiger partial charge >= 0.3 is 0 Å². The molecule has 1 aliphatic rings. The van der Waals surface area contributed by atoms with E-state index in [1.807, 2.05) is 0 Å². The molecule has 1 aliphatic heterocycles. The number of methoxy groups -OCH3 is 2. The molecule has 0 aliphatic carbocycles. The highest BCUT2D eigenvalue weighted by atomic mass is 79.9. The summed E-state index contributed by atoms with van der Waals surface area (Å²) in [5.41, 5.74) is 0.595. The number of hydrogen-bond donors (Lipinski definition) is 0. The van der Waals surface area contributed by atoms with Crippen LogP contribution in [0.15, 0.2) is 21.0 Å². The van der Waals surface area contributed by atoms with E-state index < -0.39 is 9.73 Å². The van der Waals surface area contributed by atoms with E-state index >= 15 is 0 Å². The van der Waals surface area contributed by atoms with E-state index in [2.05, 4.69) is 20.3 Å². The van der Waals surface area contributed by atoms with E-state index in [-0.39, 0.29) is 0 Å². The molecule has 0 atom stereocenters. The lowest BCUT2D eigenvalue weighted by Crippen LogP contribution is -2.23. The molecule has 6 heteroatoms. The maximum absolute atomic E-state index is 12.1. The van der Waals surface area contributed by atoms with Gasteiger partial charge in [0.1, 0.15) is 17.2 Å². The predicted octanol–water partition coefficient (Wildman–Crippen LogP) is 2.97. The molecule has 94 valence electrons. The molecule has 0 aromatic heterocycles. The van der Waals surface area contributed by atoms with Crippen molar-refractivity contribution in [3.63, 3.8) is 0 Å². The topological polar surface area (TPSA) is 47.9 Å². The molecule has 17 heavy (non-hydrogen) atoms. The van der Waals surface area contributed by atoms with Crippen LogP contribution in [0.5, 0.6) is 11.5 Å². The average molecular weight is 320 g/mol. The van der Waals surface area contributed by atoms with Crippen LogP contribution in [0, 0.1) is 0 Å². The molecule has 1 aromatic carbocycles. The second kappa shape index (κ2) is 4.86. The van der Waals surface area contributed by atoms with Crippen LogP contribution in [0.25, 0.3) is 0 Å². The smallest absolute Gasteiger partial charge is 0.146 e. The number of ether oxygens (including phenoxy) is 2. The molecular formula is C11H14BrNO3S. The Morgan fingerprint density at radius 2 is 1.88 bits per heavy atom. The monoisotopic (exact) mass is 319 g/mol. The second-order valence-electron chi connectivity index (χ2n) is 3.78. The molecule has 1 fully saturated rings. The maximum atomic E-state index is 12.1. The minimum absolute atomic E-state index is 0.595. The van der Waals surface area contributed by atoms with Crippen LogP contribution in [0.3, 0.4) is 0 Å². The van der Waals surface area contributed by atoms with Crippen molar-refractivity contribution in [2.45, 2.75) is 6.42 Å². The molecule has 0 bridgehead atoms. The fourth-order valence-electron chi connectivity index (χ4n) is 1.58. The summed E-state index contributed by atoms with van der Waals surface area (Å²) >= 11 is 3.37. The summed E-state index contributed by atoms with van der Waals surface area (Å²) in [5.74, 6) is 2.61. The highest BCUT2D eigenvalue weighted by molar-refractivity contribution is 9.10. The zero-order valence-corrected chi connectivity index (χ0v) is 12.1. The summed E-state index contributed by atoms with van der Waals surface area (Å²) in [4.78, 5) is 0. The predicted molar refractivity (Wildman–Crippen MR) is 71.8 cm³/mol. The lowest BCUT2D eigenvalue weighted by molar-refractivity contribution is 0.402. The van der Waals surface area contributed by atoms with Crippen molar-refractivity contribution < 1.29 is 13.7 Å². The van der Waals surface area contributed by atoms with Gasteiger partial charge in [0, 0.05) is 23.6 Å². The molecule has 0 saturated carbocycles. The average Bonchev–Trinajstić information content (AvgIpc) is 2.28. The Bertz CT molecular complexity index is 540. The molecule has 0 amide bonds. The van der Waals surface area contributed by atoms with Gasteiger partial charge in [-0.2, -0.15) is 4.36 Å². The van der Waals surface area contributed by atoms with Crippen molar-refractivity contribution in [2.75, 3.05) is 25.7 Å². The fourth-order valence-corrected chi connectivity index (χ4v) is 3.53. The zero-order chi connectivity index (χ0) is 12.5. The van der Waals surface area contributed by atoms with Crippen molar-refractivity contribution >= 4 is 31.3 Å². The summed E-state index contributed by atoms with van der Waals surface area (Å²) in [7, 11) is 1.11. The first kappa shape index (κ1) is 12.7. The number of benzene rings is 1. The first-order valence-electron chi connectivity index (χ1n) is 5.22. The third-order valence-electron chi connectivity index (χ3n) is 2.64. The fraction of sp³-hybridized carbons (Fsp3) is 0.455. The molecule has 0 spiro atoms. The summed E-state index contributed by atoms with van der Waals surface area (Å²) in [6.07, 6.45) is 0.984. The van der Waals surface area contributed by atoms with Gasteiger partial charge in [-0.05, 0) is 22.4 Å². The van der Waals surface area contributed by atoms with Crippen molar-refractivity contribution in [1.29, 1.82) is 0 Å². The lowest BCUT2D eigenvalue weighted by Gasteiger charge is -2.19. The van der Waals surface area contributed by atoms with Gasteiger partial charge in [0.25, 0.3) is 0 Å². The zero-order valence-electron chi connectivity index (χ0n) is 9.73. The molecule has 4 nitrogen and oxygen atoms in total. The van der Waals surface area contributed by atoms with Gasteiger partial charge in [0.2, 0.25) is 0 Å². The molecule has 1 saturated heterocycles. The van der Waals surface area contributed by atoms with E-state index in [9.17, 15) is 4.21 Å². The van der Waals surface area contributed by atoms with Crippen LogP contribution in [0.2, 0.25) is 0 Å². The van der Waals surface area contributed by atoms with Crippen molar-refractivity contribution in [2.24, 2.45) is 4.36 Å². The third kappa shape index (κ3) is 2.57. The van der Waals surface area contributed by atoms with Gasteiger partial charge in [-0.1, -0.05) is 0 Å². The molecular weight excluding hydrogens is 306 g/mol. The lowest BCUT2D eigenvalue weighted by atomic mass is 10.3. The Balaban J connectivity index is 2.52. The Labute approximate surface area is 110 Å². The minimum Gasteiger partial charge on any atom is -0.495 e. The standard InChI is InChI=1S/C11H14BrNO3S/c1-15-10-7-9(11(16-2)6-8(10)12)13-17(14)4-3-5-17/h6-7H,3-5H2,1-2H3. The van der Waals surface area contributed by atoms with Gasteiger partial charge in [-0.25, -0.2) is 4.21 Å². The quantitative estimate of drug-likeness (QED) is 0.860. The van der Waals surface area contributed by atoms with Crippen LogP contribution in [-0.2, 0) is 9.73 Å². The van der Waals surface area contributed by atoms with E-state index in [1.165, 1.54) is 0 Å². The van der Waals surface area contributed by atoms with Crippen molar-refractivity contribution in [1.82, 2.24) is 0 Å². The van der Waals surface area contributed by atoms with Crippen molar-refractivity contribution in [3.8, 4) is 11.5 Å². The summed E-state index contributed by atoms with van der Waals surface area (Å²) in [6.45, 7) is 0. The Morgan fingerprint density at radius 1 is 1.24 bits per heavy atom. The van der Waals surface area contributed by atoms with E-state index in [4.69, 9.17) is 9.47 Å². The van der Waals surface area contributed by atoms with Gasteiger partial charge in [0.05, 0.1) is 28.4 Å². The molecule has 0 radical (unpaired) electrons. The molecule has 1 aromatic rings. The van der Waals surface area contributed by atoms with Gasteiger partial charge in [0.15, 0.2) is 0 Å². The van der Waals surface area contributed by atoms with E-state index in [0.717, 1.165) is 10.9 Å². The van der Waals surface area contributed by atoms with Gasteiger partial charge in [-0.15, -0.1) is 0 Å². The minimum atomic E-state index is -2.04. The Hall–Kier alpha value is -0.750. The van der Waals surface area contributed by atoms with Crippen molar-refractivity contribution in [3.05, 3.63) is 16.6 Å². The van der Waals surface area contributed by atoms with Crippen LogP contribution in [0.1, 0.15) is 6.42 Å². The maximum Gasteiger partial charge on any atom is 0.146 e. The third-order valence-corrected chi connectivity index (χ3v) is 5.65. The normalized spacial score (nSPS) is 17.1. The van der Waals surface area contributed by atoms with Crippen LogP contribution >= 0.6 is 15.9 Å². The highest BCUT2D eigenvalue weighted by Gasteiger charge is 2.20. The first-order valence-corrected chi connectivity index (χ1v) is 7.86. The Morgan fingerprint density at radius 3 is 2.35 bits per heavy atom. The Kier molecular flexibility index (Phi) is 3.63. The van der Waals surface area contributed by atoms with Gasteiger partial charge < -0.3 is 9.47 Å². The van der Waals surface area contributed by atoms with E-state index in [1.54, 1.807) is 26.4 Å². The summed E-state index contributed by atoms with van der Waals surface area (Å²) < 4.78 is 27.6. The highest BCUT2D eigenvalue weighted by Crippen LogP contribution is 2.39.